The SMILES string of the molecule is [Bi+3].[OH-].[OH-].[OH-].[Sb]. The van der Waals surface area contributed by atoms with Gasteiger partial charge in [0.15, 0.2) is 0 Å². The van der Waals surface area contributed by atoms with Crippen LogP contribution in [0.3, 0.4) is 0 Å². The molecule has 0 aromatic heterocycles. The Hall–Kier alpha value is 1.58. The van der Waals surface area contributed by atoms with Crippen LogP contribution in [0, 0.1) is 0 Å². The summed E-state index contributed by atoms with van der Waals surface area (Å²) in [5.41, 5.74) is 0. The molecule has 31 valence electrons. The summed E-state index contributed by atoms with van der Waals surface area (Å²) in [6.45, 7) is 0. The third kappa shape index (κ3) is 28.6. The van der Waals surface area contributed by atoms with Crippen LogP contribution in [0.25, 0.3) is 0 Å². The average Bonchev–Trinajstić information content (AvgIpc) is 0. The Balaban J connectivity index is 0. The minimum atomic E-state index is 0. The molecule has 0 aromatic carbocycles. The summed E-state index contributed by atoms with van der Waals surface area (Å²) in [5.74, 6) is 0. The van der Waals surface area contributed by atoms with E-state index in [-0.39, 0.29) is 67.1 Å². The second-order valence-corrected chi connectivity index (χ2v) is 0. The van der Waals surface area contributed by atoms with Crippen molar-refractivity contribution in [1.29, 1.82) is 0 Å². The first kappa shape index (κ1) is 82.0. The Morgan fingerprint density at radius 3 is 0.600 bits per heavy atom. The van der Waals surface area contributed by atoms with E-state index in [4.69, 9.17) is 0 Å². The average molecular weight is 382 g/mol. The van der Waals surface area contributed by atoms with Crippen molar-refractivity contribution in [1.82, 2.24) is 0 Å². The maximum Gasteiger partial charge on any atom is 3.00 e. The molecule has 0 unspecified atom stereocenters. The van der Waals surface area contributed by atoms with Gasteiger partial charge in [0.25, 0.3) is 0 Å². The molecule has 0 atom stereocenters. The number of hydrogen-bond donors (Lipinski definition) is 0. The van der Waals surface area contributed by atoms with Gasteiger partial charge in [-0.1, -0.05) is 0 Å². The fourth-order valence-corrected chi connectivity index (χ4v) is 0. The fourth-order valence-electron chi connectivity index (χ4n) is 0. The van der Waals surface area contributed by atoms with Crippen LogP contribution in [-0.2, 0) is 0 Å². The standard InChI is InChI=1S/Bi.3H2O.Sb/h;3*1H2;/q+3;;;;/p-3. The molecule has 0 saturated carbocycles. The monoisotopic (exact) mass is 381 g/mol. The molecule has 3 N–H and O–H groups in total. The molecule has 5 heteroatoms. The topological polar surface area (TPSA) is 90.0 Å². The zero-order chi connectivity index (χ0) is 0. The number of hydrogen-bond acceptors (Lipinski definition) is 3. The molecular weight excluding hydrogens is 379 g/mol. The largest absolute Gasteiger partial charge is 3.00 e. The maximum absolute atomic E-state index is 0. The summed E-state index contributed by atoms with van der Waals surface area (Å²) in [6.07, 6.45) is 0. The Bertz CT molecular complexity index is 6.85. The van der Waals surface area contributed by atoms with E-state index < -0.39 is 0 Å². The van der Waals surface area contributed by atoms with E-state index in [9.17, 15) is 0 Å². The summed E-state index contributed by atoms with van der Waals surface area (Å²) in [4.78, 5) is 0. The summed E-state index contributed by atoms with van der Waals surface area (Å²) in [7, 11) is 0. The fraction of sp³-hybridized carbons (Fsp3) is 0. The molecule has 0 saturated heterocycles. The second-order valence-electron chi connectivity index (χ2n) is 0. The Labute approximate surface area is 66.6 Å². The molecule has 5 radical (unpaired) electrons. The van der Waals surface area contributed by atoms with Crippen molar-refractivity contribution < 1.29 is 16.4 Å². The van der Waals surface area contributed by atoms with Crippen molar-refractivity contribution in [3.8, 4) is 0 Å². The van der Waals surface area contributed by atoms with Gasteiger partial charge in [0.1, 0.15) is 0 Å². The molecule has 0 heterocycles. The molecule has 0 bridgehead atoms. The molecule has 0 aliphatic rings. The van der Waals surface area contributed by atoms with Gasteiger partial charge in [-0.25, -0.2) is 0 Å². The van der Waals surface area contributed by atoms with E-state index in [1.54, 1.807) is 0 Å². The normalized spacial score (nSPS) is 0. The first-order chi connectivity index (χ1) is 0. The van der Waals surface area contributed by atoms with E-state index in [0.717, 1.165) is 0 Å². The van der Waals surface area contributed by atoms with Crippen LogP contribution in [-0.4, -0.2) is 67.1 Å². The summed E-state index contributed by atoms with van der Waals surface area (Å²) in [5, 5.41) is 0. The first-order valence-electron chi connectivity index (χ1n) is 0. The number of rotatable bonds is 0. The smallest absolute Gasteiger partial charge is 0.870 e. The van der Waals surface area contributed by atoms with Crippen molar-refractivity contribution in [2.75, 3.05) is 0 Å². The van der Waals surface area contributed by atoms with Gasteiger partial charge in [-0.2, -0.15) is 0 Å². The molecule has 0 aromatic rings. The van der Waals surface area contributed by atoms with Crippen molar-refractivity contribution in [3.05, 3.63) is 0 Å². The van der Waals surface area contributed by atoms with Crippen LogP contribution in [0.5, 0.6) is 0 Å². The van der Waals surface area contributed by atoms with Gasteiger partial charge in [-0.05, 0) is 0 Å². The van der Waals surface area contributed by atoms with E-state index in [2.05, 4.69) is 0 Å². The van der Waals surface area contributed by atoms with Gasteiger partial charge < -0.3 is 16.4 Å². The quantitative estimate of drug-likeness (QED) is 0.489. The zero-order valence-corrected chi connectivity index (χ0v) is 8.27. The van der Waals surface area contributed by atoms with E-state index >= 15 is 0 Å². The van der Waals surface area contributed by atoms with Crippen molar-refractivity contribution in [2.45, 2.75) is 0 Å². The summed E-state index contributed by atoms with van der Waals surface area (Å²) >= 11 is 0. The molecule has 0 amide bonds. The van der Waals surface area contributed by atoms with Crippen LogP contribution in [0.2, 0.25) is 0 Å². The van der Waals surface area contributed by atoms with Crippen LogP contribution in [0.15, 0.2) is 0 Å². The molecule has 5 heavy (non-hydrogen) atoms. The summed E-state index contributed by atoms with van der Waals surface area (Å²) in [6, 6.07) is 0. The van der Waals surface area contributed by atoms with Gasteiger partial charge in [0.05, 0.1) is 0 Å². The first-order valence-corrected chi connectivity index (χ1v) is 0. The van der Waals surface area contributed by atoms with Crippen molar-refractivity contribution in [2.24, 2.45) is 0 Å². The molecule has 3 nitrogen and oxygen atoms in total. The van der Waals surface area contributed by atoms with Crippen LogP contribution in [0.4, 0.5) is 0 Å². The Morgan fingerprint density at radius 2 is 0.600 bits per heavy atom. The molecule has 0 aliphatic heterocycles. The molecule has 0 spiro atoms. The van der Waals surface area contributed by atoms with Crippen molar-refractivity contribution in [3.63, 3.8) is 0 Å². The Morgan fingerprint density at radius 1 is 0.600 bits per heavy atom. The van der Waals surface area contributed by atoms with E-state index in [1.807, 2.05) is 0 Å². The van der Waals surface area contributed by atoms with Crippen molar-refractivity contribution >= 4 is 50.6 Å². The van der Waals surface area contributed by atoms with Gasteiger partial charge in [-0.15, -0.1) is 0 Å². The summed E-state index contributed by atoms with van der Waals surface area (Å²) < 4.78 is 0. The van der Waals surface area contributed by atoms with Gasteiger partial charge in [0, 0.05) is 24.4 Å². The van der Waals surface area contributed by atoms with Gasteiger partial charge >= 0.3 is 26.2 Å². The van der Waals surface area contributed by atoms with Gasteiger partial charge in [-0.3, -0.25) is 0 Å². The van der Waals surface area contributed by atoms with Crippen LogP contribution < -0.4 is 0 Å². The minimum absolute atomic E-state index is 0. The van der Waals surface area contributed by atoms with E-state index in [1.165, 1.54) is 0 Å². The third-order valence-electron chi connectivity index (χ3n) is 0. The van der Waals surface area contributed by atoms with E-state index in [0.29, 0.717) is 0 Å². The predicted octanol–water partition coefficient (Wildman–Crippen LogP) is -1.29. The van der Waals surface area contributed by atoms with Gasteiger partial charge in [0.2, 0.25) is 0 Å². The molecule has 0 aliphatic carbocycles. The molecular formula is H3BiO3Sb. The minimum Gasteiger partial charge on any atom is -0.870 e. The third-order valence-corrected chi connectivity index (χ3v) is 0. The Kier molecular flexibility index (Phi) is 768. The van der Waals surface area contributed by atoms with Crippen LogP contribution >= 0.6 is 0 Å². The zero-order valence-electron chi connectivity index (χ0n) is 2.24. The molecule has 0 rings (SSSR count). The molecule has 0 fully saturated rings. The van der Waals surface area contributed by atoms with Crippen LogP contribution in [0.1, 0.15) is 0 Å². The second kappa shape index (κ2) is 46.8. The predicted molar refractivity (Wildman–Crippen MR) is 17.3 cm³/mol. The maximum atomic E-state index is 0.